The minimum Gasteiger partial charge on any atom is -0.0887 e. The number of unbranched alkanes of at least 4 members (excludes halogenated alkanes) is 5. The summed E-state index contributed by atoms with van der Waals surface area (Å²) in [7, 11) is 0. The Balaban J connectivity index is 2.14. The van der Waals surface area contributed by atoms with Crippen LogP contribution in [-0.4, -0.2) is 4.83 Å². The first-order valence-electron chi connectivity index (χ1n) is 7.11. The molecule has 0 nitrogen and oxygen atoms in total. The minimum absolute atomic E-state index is 0.559. The molecule has 102 valence electrons. The Bertz CT molecular complexity index is 325. The summed E-state index contributed by atoms with van der Waals surface area (Å²) in [6.07, 6.45) is 10.5. The van der Waals surface area contributed by atoms with Crippen LogP contribution in [0.4, 0.5) is 0 Å². The standard InChI is InChI=1S/C16H24BrCl/c1-2-3-4-5-6-7-11-15(17)13-14-10-8-9-12-16(14)18/h8-10,12,15H,2-7,11,13H2,1H3. The number of halogens is 2. The fraction of sp³-hybridized carbons (Fsp3) is 0.625. The average molecular weight is 332 g/mol. The Morgan fingerprint density at radius 1 is 1.06 bits per heavy atom. The van der Waals surface area contributed by atoms with Gasteiger partial charge in [0.15, 0.2) is 0 Å². The maximum atomic E-state index is 6.17. The van der Waals surface area contributed by atoms with Crippen molar-refractivity contribution in [3.8, 4) is 0 Å². The first kappa shape index (κ1) is 16.0. The summed E-state index contributed by atoms with van der Waals surface area (Å²) >= 11 is 9.94. The Morgan fingerprint density at radius 3 is 2.44 bits per heavy atom. The smallest absolute Gasteiger partial charge is 0.0438 e. The van der Waals surface area contributed by atoms with Gasteiger partial charge in [-0.1, -0.05) is 91.2 Å². The lowest BCUT2D eigenvalue weighted by atomic mass is 10.0. The van der Waals surface area contributed by atoms with Crippen LogP contribution in [0.2, 0.25) is 5.02 Å². The lowest BCUT2D eigenvalue weighted by Crippen LogP contribution is -2.03. The predicted molar refractivity (Wildman–Crippen MR) is 85.9 cm³/mol. The fourth-order valence-electron chi connectivity index (χ4n) is 2.15. The van der Waals surface area contributed by atoms with Gasteiger partial charge >= 0.3 is 0 Å². The van der Waals surface area contributed by atoms with E-state index >= 15 is 0 Å². The van der Waals surface area contributed by atoms with Crippen molar-refractivity contribution in [3.63, 3.8) is 0 Å². The van der Waals surface area contributed by atoms with Crippen LogP contribution in [0.15, 0.2) is 24.3 Å². The van der Waals surface area contributed by atoms with E-state index in [9.17, 15) is 0 Å². The van der Waals surface area contributed by atoms with E-state index in [1.165, 1.54) is 50.5 Å². The summed E-state index contributed by atoms with van der Waals surface area (Å²) in [4.78, 5) is 0.559. The summed E-state index contributed by atoms with van der Waals surface area (Å²) in [5.74, 6) is 0. The molecular weight excluding hydrogens is 308 g/mol. The molecule has 0 aromatic heterocycles. The quantitative estimate of drug-likeness (QED) is 0.363. The van der Waals surface area contributed by atoms with Crippen molar-refractivity contribution >= 4 is 27.5 Å². The SMILES string of the molecule is CCCCCCCCC(Br)Cc1ccccc1Cl. The van der Waals surface area contributed by atoms with Crippen molar-refractivity contribution in [1.29, 1.82) is 0 Å². The van der Waals surface area contributed by atoms with Gasteiger partial charge in [0.2, 0.25) is 0 Å². The minimum atomic E-state index is 0.559. The molecule has 0 radical (unpaired) electrons. The van der Waals surface area contributed by atoms with Gasteiger partial charge in [-0.2, -0.15) is 0 Å². The first-order valence-corrected chi connectivity index (χ1v) is 8.41. The summed E-state index contributed by atoms with van der Waals surface area (Å²) < 4.78 is 0. The van der Waals surface area contributed by atoms with Crippen molar-refractivity contribution in [2.24, 2.45) is 0 Å². The third kappa shape index (κ3) is 6.80. The monoisotopic (exact) mass is 330 g/mol. The largest absolute Gasteiger partial charge is 0.0887 e. The Hall–Kier alpha value is -0.0100. The van der Waals surface area contributed by atoms with Crippen molar-refractivity contribution in [1.82, 2.24) is 0 Å². The van der Waals surface area contributed by atoms with Crippen LogP contribution in [0.3, 0.4) is 0 Å². The highest BCUT2D eigenvalue weighted by Gasteiger charge is 2.07. The van der Waals surface area contributed by atoms with Gasteiger partial charge in [0, 0.05) is 9.85 Å². The van der Waals surface area contributed by atoms with Crippen LogP contribution in [0.1, 0.15) is 57.4 Å². The molecule has 0 aliphatic heterocycles. The molecule has 1 aromatic rings. The molecule has 0 saturated carbocycles. The second-order valence-electron chi connectivity index (χ2n) is 4.95. The van der Waals surface area contributed by atoms with E-state index in [0.717, 1.165) is 11.4 Å². The predicted octanol–water partition coefficient (Wildman–Crippen LogP) is 6.40. The fourth-order valence-corrected chi connectivity index (χ4v) is 3.04. The van der Waals surface area contributed by atoms with Gasteiger partial charge in [0.25, 0.3) is 0 Å². The summed E-state index contributed by atoms with van der Waals surface area (Å²) in [6.45, 7) is 2.26. The van der Waals surface area contributed by atoms with Crippen molar-refractivity contribution in [2.75, 3.05) is 0 Å². The van der Waals surface area contributed by atoms with Gasteiger partial charge < -0.3 is 0 Å². The second-order valence-corrected chi connectivity index (χ2v) is 6.65. The van der Waals surface area contributed by atoms with Crippen LogP contribution in [0.5, 0.6) is 0 Å². The topological polar surface area (TPSA) is 0 Å². The highest BCUT2D eigenvalue weighted by atomic mass is 79.9. The van der Waals surface area contributed by atoms with Crippen molar-refractivity contribution < 1.29 is 0 Å². The van der Waals surface area contributed by atoms with E-state index in [-0.39, 0.29) is 0 Å². The third-order valence-corrected chi connectivity index (χ3v) is 4.42. The molecule has 0 spiro atoms. The molecule has 1 unspecified atom stereocenters. The highest BCUT2D eigenvalue weighted by molar-refractivity contribution is 9.09. The number of alkyl halides is 1. The van der Waals surface area contributed by atoms with Gasteiger partial charge in [0.1, 0.15) is 0 Å². The number of hydrogen-bond acceptors (Lipinski definition) is 0. The number of hydrogen-bond donors (Lipinski definition) is 0. The zero-order valence-electron chi connectivity index (χ0n) is 11.3. The molecule has 1 aromatic carbocycles. The van der Waals surface area contributed by atoms with Crippen LogP contribution in [0.25, 0.3) is 0 Å². The maximum absolute atomic E-state index is 6.17. The van der Waals surface area contributed by atoms with Crippen LogP contribution in [-0.2, 0) is 6.42 Å². The molecule has 1 rings (SSSR count). The van der Waals surface area contributed by atoms with Gasteiger partial charge in [-0.3, -0.25) is 0 Å². The highest BCUT2D eigenvalue weighted by Crippen LogP contribution is 2.22. The summed E-state index contributed by atoms with van der Waals surface area (Å²) in [6, 6.07) is 8.15. The molecule has 18 heavy (non-hydrogen) atoms. The van der Waals surface area contributed by atoms with Gasteiger partial charge in [-0.15, -0.1) is 0 Å². The molecule has 2 heteroatoms. The Labute approximate surface area is 125 Å². The zero-order valence-corrected chi connectivity index (χ0v) is 13.6. The lowest BCUT2D eigenvalue weighted by molar-refractivity contribution is 0.583. The molecule has 0 fully saturated rings. The van der Waals surface area contributed by atoms with Crippen LogP contribution < -0.4 is 0 Å². The van der Waals surface area contributed by atoms with Crippen LogP contribution in [0, 0.1) is 0 Å². The Kier molecular flexibility index (Phi) is 8.79. The molecule has 0 aliphatic rings. The van der Waals surface area contributed by atoms with Gasteiger partial charge in [-0.05, 0) is 24.5 Å². The van der Waals surface area contributed by atoms with Gasteiger partial charge in [-0.25, -0.2) is 0 Å². The van der Waals surface area contributed by atoms with E-state index in [0.29, 0.717) is 4.83 Å². The van der Waals surface area contributed by atoms with E-state index in [2.05, 4.69) is 35.0 Å². The number of rotatable bonds is 9. The summed E-state index contributed by atoms with van der Waals surface area (Å²) in [5.41, 5.74) is 1.26. The zero-order chi connectivity index (χ0) is 13.2. The summed E-state index contributed by atoms with van der Waals surface area (Å²) in [5, 5.41) is 0.893. The number of benzene rings is 1. The van der Waals surface area contributed by atoms with E-state index in [1.54, 1.807) is 0 Å². The van der Waals surface area contributed by atoms with Crippen molar-refractivity contribution in [2.45, 2.75) is 63.1 Å². The Morgan fingerprint density at radius 2 is 1.72 bits per heavy atom. The van der Waals surface area contributed by atoms with Crippen LogP contribution >= 0.6 is 27.5 Å². The normalized spacial score (nSPS) is 12.6. The average Bonchev–Trinajstić information content (AvgIpc) is 2.36. The van der Waals surface area contributed by atoms with Crippen molar-refractivity contribution in [3.05, 3.63) is 34.9 Å². The second kappa shape index (κ2) is 9.86. The molecule has 0 N–H and O–H groups in total. The third-order valence-electron chi connectivity index (χ3n) is 3.27. The first-order chi connectivity index (χ1) is 8.74. The molecule has 0 bridgehead atoms. The van der Waals surface area contributed by atoms with E-state index in [1.807, 2.05) is 12.1 Å². The molecule has 0 saturated heterocycles. The molecular formula is C16H24BrCl. The lowest BCUT2D eigenvalue weighted by Gasteiger charge is -2.11. The molecule has 0 aliphatic carbocycles. The molecule has 0 amide bonds. The van der Waals surface area contributed by atoms with E-state index in [4.69, 9.17) is 11.6 Å². The van der Waals surface area contributed by atoms with E-state index < -0.39 is 0 Å². The maximum Gasteiger partial charge on any atom is 0.0438 e. The van der Waals surface area contributed by atoms with Gasteiger partial charge in [0.05, 0.1) is 0 Å². The molecule has 1 atom stereocenters. The molecule has 0 heterocycles.